The maximum absolute atomic E-state index is 13.1. The first-order chi connectivity index (χ1) is 16.3. The number of rotatable bonds is 8. The molecule has 0 fully saturated rings. The Bertz CT molecular complexity index is 1270. The predicted molar refractivity (Wildman–Crippen MR) is 134 cm³/mol. The Labute approximate surface area is 210 Å². The van der Waals surface area contributed by atoms with Crippen molar-refractivity contribution in [3.8, 4) is 17.6 Å². The number of nitrogens with one attached hydrogen (secondary N) is 1. The third kappa shape index (κ3) is 6.37. The second-order valence-electron chi connectivity index (χ2n) is 7.21. The van der Waals surface area contributed by atoms with Crippen molar-refractivity contribution < 1.29 is 18.7 Å². The second-order valence-corrected chi connectivity index (χ2v) is 8.48. The van der Waals surface area contributed by atoms with Gasteiger partial charge >= 0.3 is 0 Å². The summed E-state index contributed by atoms with van der Waals surface area (Å²) >= 11 is 9.59. The van der Waals surface area contributed by atoms with Gasteiger partial charge in [0.15, 0.2) is 11.5 Å². The Kier molecular flexibility index (Phi) is 8.69. The first kappa shape index (κ1) is 25.3. The van der Waals surface area contributed by atoms with Crippen LogP contribution in [0.2, 0.25) is 5.02 Å². The van der Waals surface area contributed by atoms with Crippen LogP contribution < -0.4 is 14.8 Å². The van der Waals surface area contributed by atoms with Crippen molar-refractivity contribution in [2.45, 2.75) is 20.5 Å². The monoisotopic (exact) mass is 542 g/mol. The maximum atomic E-state index is 13.1. The van der Waals surface area contributed by atoms with E-state index in [-0.39, 0.29) is 18.0 Å². The Morgan fingerprint density at radius 1 is 1.21 bits per heavy atom. The van der Waals surface area contributed by atoms with E-state index in [0.29, 0.717) is 44.4 Å². The molecule has 0 aliphatic heterocycles. The summed E-state index contributed by atoms with van der Waals surface area (Å²) in [5.41, 5.74) is 2.50. The van der Waals surface area contributed by atoms with Gasteiger partial charge < -0.3 is 14.8 Å². The first-order valence-corrected chi connectivity index (χ1v) is 11.5. The van der Waals surface area contributed by atoms with E-state index >= 15 is 0 Å². The molecule has 0 radical (unpaired) electrons. The highest BCUT2D eigenvalue weighted by atomic mass is 79.9. The van der Waals surface area contributed by atoms with E-state index in [0.717, 1.165) is 5.56 Å². The summed E-state index contributed by atoms with van der Waals surface area (Å²) in [6.07, 6.45) is 1.46. The van der Waals surface area contributed by atoms with Crippen molar-refractivity contribution in [2.24, 2.45) is 0 Å². The van der Waals surface area contributed by atoms with Crippen molar-refractivity contribution in [2.75, 3.05) is 11.9 Å². The molecular weight excluding hydrogens is 523 g/mol. The minimum Gasteiger partial charge on any atom is -0.490 e. The third-order valence-corrected chi connectivity index (χ3v) is 5.82. The van der Waals surface area contributed by atoms with Gasteiger partial charge in [-0.05, 0) is 88.9 Å². The number of nitrogens with zero attached hydrogens (tertiary/aromatic N) is 1. The number of carbonyl (C=O) groups is 1. The van der Waals surface area contributed by atoms with Crippen molar-refractivity contribution in [1.29, 1.82) is 5.26 Å². The quantitative estimate of drug-likeness (QED) is 0.244. The van der Waals surface area contributed by atoms with Gasteiger partial charge in [-0.1, -0.05) is 29.8 Å². The molecule has 0 aliphatic carbocycles. The molecule has 0 saturated carbocycles. The fourth-order valence-corrected chi connectivity index (χ4v) is 3.81. The molecule has 8 heteroatoms. The average molecular weight is 544 g/mol. The highest BCUT2D eigenvalue weighted by Crippen LogP contribution is 2.38. The van der Waals surface area contributed by atoms with Crippen LogP contribution >= 0.6 is 27.5 Å². The van der Waals surface area contributed by atoms with Crippen LogP contribution in [-0.4, -0.2) is 12.5 Å². The zero-order valence-electron chi connectivity index (χ0n) is 18.5. The van der Waals surface area contributed by atoms with Crippen molar-refractivity contribution in [3.63, 3.8) is 0 Å². The van der Waals surface area contributed by atoms with Crippen LogP contribution in [0.5, 0.6) is 11.5 Å². The lowest BCUT2D eigenvalue weighted by atomic mass is 10.1. The molecule has 0 atom stereocenters. The van der Waals surface area contributed by atoms with E-state index in [2.05, 4.69) is 21.2 Å². The maximum Gasteiger partial charge on any atom is 0.266 e. The second kappa shape index (κ2) is 11.7. The number of carbonyl (C=O) groups excluding carboxylic acids is 1. The van der Waals surface area contributed by atoms with Gasteiger partial charge in [0.1, 0.15) is 24.1 Å². The molecule has 1 N–H and O–H groups in total. The van der Waals surface area contributed by atoms with E-state index in [1.54, 1.807) is 49.4 Å². The number of hydrogen-bond donors (Lipinski definition) is 1. The molecule has 0 aromatic heterocycles. The van der Waals surface area contributed by atoms with Crippen LogP contribution in [0.1, 0.15) is 23.6 Å². The summed E-state index contributed by atoms with van der Waals surface area (Å²) in [5.74, 6) is 0.0203. The highest BCUT2D eigenvalue weighted by Gasteiger charge is 2.15. The summed E-state index contributed by atoms with van der Waals surface area (Å²) in [7, 11) is 0. The van der Waals surface area contributed by atoms with E-state index < -0.39 is 5.91 Å². The summed E-state index contributed by atoms with van der Waals surface area (Å²) in [6, 6.07) is 16.5. The molecule has 0 bridgehead atoms. The number of benzene rings is 3. The summed E-state index contributed by atoms with van der Waals surface area (Å²) in [4.78, 5) is 12.7. The molecule has 0 saturated heterocycles. The number of nitriles is 1. The molecule has 1 amide bonds. The van der Waals surface area contributed by atoms with Crippen LogP contribution in [0.15, 0.2) is 64.6 Å². The van der Waals surface area contributed by atoms with Gasteiger partial charge in [0, 0.05) is 10.7 Å². The minimum atomic E-state index is -0.557. The van der Waals surface area contributed by atoms with E-state index in [1.807, 2.05) is 13.0 Å². The SMILES string of the molecule is CCOc1cc(/C=C(\C#N)C(=O)Nc2cccc(Cl)c2C)cc(Br)c1OCc1ccc(F)cc1. The van der Waals surface area contributed by atoms with E-state index in [9.17, 15) is 14.4 Å². The van der Waals surface area contributed by atoms with Crippen LogP contribution in [0, 0.1) is 24.1 Å². The van der Waals surface area contributed by atoms with E-state index in [1.165, 1.54) is 18.2 Å². The average Bonchev–Trinajstić information content (AvgIpc) is 2.81. The topological polar surface area (TPSA) is 71.3 Å². The molecular formula is C26H21BrClFN2O3. The minimum absolute atomic E-state index is 0.0892. The number of halogens is 3. The number of hydrogen-bond acceptors (Lipinski definition) is 4. The third-order valence-electron chi connectivity index (χ3n) is 4.82. The molecule has 0 heterocycles. The molecule has 5 nitrogen and oxygen atoms in total. The Balaban J connectivity index is 1.86. The fraction of sp³-hybridized carbons (Fsp3) is 0.154. The zero-order chi connectivity index (χ0) is 24.7. The van der Waals surface area contributed by atoms with Gasteiger partial charge in [-0.15, -0.1) is 0 Å². The van der Waals surface area contributed by atoms with Crippen LogP contribution in [-0.2, 0) is 11.4 Å². The predicted octanol–water partition coefficient (Wildman–Crippen LogP) is 7.07. The Hall–Kier alpha value is -3.34. The van der Waals surface area contributed by atoms with Gasteiger partial charge in [0.05, 0.1) is 11.1 Å². The van der Waals surface area contributed by atoms with Gasteiger partial charge in [-0.25, -0.2) is 4.39 Å². The molecule has 174 valence electrons. The summed E-state index contributed by atoms with van der Waals surface area (Å²) < 4.78 is 25.4. The molecule has 0 aliphatic rings. The van der Waals surface area contributed by atoms with Crippen molar-refractivity contribution in [1.82, 2.24) is 0 Å². The van der Waals surface area contributed by atoms with Crippen LogP contribution in [0.3, 0.4) is 0 Å². The summed E-state index contributed by atoms with van der Waals surface area (Å²) in [5, 5.41) is 12.8. The Morgan fingerprint density at radius 2 is 1.94 bits per heavy atom. The summed E-state index contributed by atoms with van der Waals surface area (Å²) in [6.45, 7) is 4.20. The lowest BCUT2D eigenvalue weighted by Gasteiger charge is -2.15. The molecule has 3 aromatic carbocycles. The van der Waals surface area contributed by atoms with Gasteiger partial charge in [-0.2, -0.15) is 5.26 Å². The van der Waals surface area contributed by atoms with E-state index in [4.69, 9.17) is 21.1 Å². The van der Waals surface area contributed by atoms with Gasteiger partial charge in [0.2, 0.25) is 0 Å². The molecule has 0 unspecified atom stereocenters. The van der Waals surface area contributed by atoms with Gasteiger partial charge in [-0.3, -0.25) is 4.79 Å². The lowest BCUT2D eigenvalue weighted by molar-refractivity contribution is -0.112. The lowest BCUT2D eigenvalue weighted by Crippen LogP contribution is -2.14. The van der Waals surface area contributed by atoms with Gasteiger partial charge in [0.25, 0.3) is 5.91 Å². The molecule has 3 aromatic rings. The zero-order valence-corrected chi connectivity index (χ0v) is 20.8. The molecule has 3 rings (SSSR count). The smallest absolute Gasteiger partial charge is 0.266 e. The fourth-order valence-electron chi connectivity index (χ4n) is 3.06. The molecule has 0 spiro atoms. The highest BCUT2D eigenvalue weighted by molar-refractivity contribution is 9.10. The van der Waals surface area contributed by atoms with Crippen LogP contribution in [0.4, 0.5) is 10.1 Å². The number of amides is 1. The van der Waals surface area contributed by atoms with Crippen molar-refractivity contribution in [3.05, 3.63) is 92.2 Å². The number of anilines is 1. The molecule has 34 heavy (non-hydrogen) atoms. The van der Waals surface area contributed by atoms with Crippen LogP contribution in [0.25, 0.3) is 6.08 Å². The standard InChI is InChI=1S/C26H21BrClFN2O3/c1-3-33-24-13-18(12-21(27)25(24)34-15-17-7-9-20(29)10-8-17)11-19(14-30)26(32)31-23-6-4-5-22(28)16(23)2/h4-13H,3,15H2,1-2H3,(H,31,32)/b19-11+. The first-order valence-electron chi connectivity index (χ1n) is 10.3. The normalized spacial score (nSPS) is 11.0. The Morgan fingerprint density at radius 3 is 2.62 bits per heavy atom. The largest absolute Gasteiger partial charge is 0.490 e. The van der Waals surface area contributed by atoms with Crippen molar-refractivity contribution >= 4 is 45.2 Å². The number of ether oxygens (including phenoxy) is 2.